The van der Waals surface area contributed by atoms with Crippen LogP contribution < -0.4 is 4.74 Å². The Morgan fingerprint density at radius 2 is 1.92 bits per heavy atom. The van der Waals surface area contributed by atoms with E-state index in [-0.39, 0.29) is 12.5 Å². The first-order chi connectivity index (χ1) is 12.7. The molecule has 2 aromatic carbocycles. The van der Waals surface area contributed by atoms with Crippen LogP contribution in [-0.4, -0.2) is 34.5 Å². The van der Waals surface area contributed by atoms with E-state index in [2.05, 4.69) is 4.98 Å². The third-order valence-corrected chi connectivity index (χ3v) is 4.82. The van der Waals surface area contributed by atoms with Gasteiger partial charge in [-0.15, -0.1) is 0 Å². The van der Waals surface area contributed by atoms with Gasteiger partial charge in [0.05, 0.1) is 24.2 Å². The first-order valence-electron chi connectivity index (χ1n) is 8.61. The lowest BCUT2D eigenvalue weighted by Crippen LogP contribution is -2.14. The fourth-order valence-electron chi connectivity index (χ4n) is 2.66. The van der Waals surface area contributed by atoms with Crippen molar-refractivity contribution < 1.29 is 14.3 Å². The average Bonchev–Trinajstić information content (AvgIpc) is 2.98. The van der Waals surface area contributed by atoms with Gasteiger partial charge in [0.25, 0.3) is 0 Å². The Morgan fingerprint density at radius 3 is 2.73 bits per heavy atom. The van der Waals surface area contributed by atoms with Crippen LogP contribution in [0.2, 0.25) is 0 Å². The summed E-state index contributed by atoms with van der Waals surface area (Å²) in [6.07, 6.45) is 0. The predicted octanol–water partition coefficient (Wildman–Crippen LogP) is 4.08. The highest BCUT2D eigenvalue weighted by atomic mass is 32.2. The first kappa shape index (κ1) is 18.3. The molecule has 5 nitrogen and oxygen atoms in total. The van der Waals surface area contributed by atoms with Crippen LogP contribution in [0.15, 0.2) is 53.7 Å². The van der Waals surface area contributed by atoms with Gasteiger partial charge in [-0.25, -0.2) is 4.98 Å². The van der Waals surface area contributed by atoms with Crippen LogP contribution in [0.5, 0.6) is 5.75 Å². The molecule has 0 saturated heterocycles. The quantitative estimate of drug-likeness (QED) is 0.340. The van der Waals surface area contributed by atoms with Crippen molar-refractivity contribution >= 4 is 28.8 Å². The number of carbonyl (C=O) groups excluding carboxylic acids is 1. The molecule has 0 saturated carbocycles. The minimum atomic E-state index is -0.256. The highest BCUT2D eigenvalue weighted by Gasteiger charge is 2.14. The molecule has 6 heteroatoms. The Morgan fingerprint density at radius 1 is 1.15 bits per heavy atom. The molecular formula is C20H22N2O3S. The molecule has 0 radical (unpaired) electrons. The molecule has 3 rings (SSSR count). The number of aryl methyl sites for hydroxylation is 1. The van der Waals surface area contributed by atoms with Gasteiger partial charge < -0.3 is 14.0 Å². The SMILES string of the molecule is CCOC(=O)Cn1c(SCCOc2ccccc2C)nc2ccccc21. The molecule has 0 aliphatic heterocycles. The predicted molar refractivity (Wildman–Crippen MR) is 104 cm³/mol. The summed E-state index contributed by atoms with van der Waals surface area (Å²) in [7, 11) is 0. The van der Waals surface area contributed by atoms with Gasteiger partial charge in [-0.1, -0.05) is 42.1 Å². The second-order valence-corrected chi connectivity index (χ2v) is 6.80. The number of imidazole rings is 1. The van der Waals surface area contributed by atoms with E-state index in [1.807, 2.05) is 66.9 Å². The van der Waals surface area contributed by atoms with Crippen LogP contribution in [-0.2, 0) is 16.1 Å². The summed E-state index contributed by atoms with van der Waals surface area (Å²) in [5.41, 5.74) is 2.93. The zero-order chi connectivity index (χ0) is 18.4. The van der Waals surface area contributed by atoms with Gasteiger partial charge in [0.15, 0.2) is 5.16 Å². The molecule has 136 valence electrons. The summed E-state index contributed by atoms with van der Waals surface area (Å²) in [5, 5.41) is 0.799. The molecule has 0 amide bonds. The van der Waals surface area contributed by atoms with Crippen molar-refractivity contribution in [2.45, 2.75) is 25.5 Å². The summed E-state index contributed by atoms with van der Waals surface area (Å²) in [4.78, 5) is 16.6. The number of benzene rings is 2. The molecule has 0 aliphatic rings. The van der Waals surface area contributed by atoms with E-state index >= 15 is 0 Å². The Balaban J connectivity index is 1.68. The Hall–Kier alpha value is -2.47. The van der Waals surface area contributed by atoms with Crippen molar-refractivity contribution in [2.24, 2.45) is 0 Å². The van der Waals surface area contributed by atoms with Crippen molar-refractivity contribution in [1.82, 2.24) is 9.55 Å². The van der Waals surface area contributed by atoms with Crippen LogP contribution in [0, 0.1) is 6.92 Å². The summed E-state index contributed by atoms with van der Waals surface area (Å²) in [6.45, 7) is 4.94. The topological polar surface area (TPSA) is 53.4 Å². The second kappa shape index (κ2) is 8.76. The monoisotopic (exact) mass is 370 g/mol. The number of para-hydroxylation sites is 3. The van der Waals surface area contributed by atoms with E-state index < -0.39 is 0 Å². The number of fused-ring (bicyclic) bond motifs is 1. The van der Waals surface area contributed by atoms with Crippen molar-refractivity contribution in [2.75, 3.05) is 19.0 Å². The number of esters is 1. The molecule has 0 aliphatic carbocycles. The number of hydrogen-bond acceptors (Lipinski definition) is 5. The summed E-state index contributed by atoms with van der Waals surface area (Å²) in [6, 6.07) is 15.8. The van der Waals surface area contributed by atoms with E-state index in [0.717, 1.165) is 33.3 Å². The lowest BCUT2D eigenvalue weighted by molar-refractivity contribution is -0.143. The number of nitrogens with zero attached hydrogens (tertiary/aromatic N) is 2. The molecule has 0 N–H and O–H groups in total. The minimum Gasteiger partial charge on any atom is -0.492 e. The fourth-order valence-corrected chi connectivity index (χ4v) is 3.49. The standard InChI is InChI=1S/C20H22N2O3S/c1-3-24-19(23)14-22-17-10-6-5-9-16(17)21-20(22)26-13-12-25-18-11-7-4-8-15(18)2/h4-11H,3,12-14H2,1-2H3. The Labute approximate surface area is 157 Å². The second-order valence-electron chi connectivity index (χ2n) is 5.74. The van der Waals surface area contributed by atoms with E-state index in [0.29, 0.717) is 13.2 Å². The normalized spacial score (nSPS) is 10.8. The molecule has 0 unspecified atom stereocenters. The average molecular weight is 370 g/mol. The molecule has 26 heavy (non-hydrogen) atoms. The number of thioether (sulfide) groups is 1. The van der Waals surface area contributed by atoms with Crippen molar-refractivity contribution in [1.29, 1.82) is 0 Å². The summed E-state index contributed by atoms with van der Waals surface area (Å²) >= 11 is 1.58. The molecule has 1 aromatic heterocycles. The molecule has 0 fully saturated rings. The van der Waals surface area contributed by atoms with E-state index in [1.165, 1.54) is 0 Å². The van der Waals surface area contributed by atoms with Gasteiger partial charge in [0.1, 0.15) is 12.3 Å². The van der Waals surface area contributed by atoms with Crippen LogP contribution in [0.1, 0.15) is 12.5 Å². The van der Waals surface area contributed by atoms with Gasteiger partial charge in [0.2, 0.25) is 0 Å². The number of rotatable bonds is 8. The van der Waals surface area contributed by atoms with Crippen molar-refractivity contribution in [3.05, 3.63) is 54.1 Å². The maximum atomic E-state index is 12.0. The largest absolute Gasteiger partial charge is 0.492 e. The Kier molecular flexibility index (Phi) is 6.17. The molecule has 0 spiro atoms. The zero-order valence-corrected chi connectivity index (χ0v) is 15.8. The van der Waals surface area contributed by atoms with Crippen molar-refractivity contribution in [3.63, 3.8) is 0 Å². The molecule has 3 aromatic rings. The van der Waals surface area contributed by atoms with Gasteiger partial charge in [-0.05, 0) is 37.6 Å². The van der Waals surface area contributed by atoms with Crippen LogP contribution >= 0.6 is 11.8 Å². The lowest BCUT2D eigenvalue weighted by Gasteiger charge is -2.10. The number of carbonyl (C=O) groups is 1. The maximum absolute atomic E-state index is 12.0. The number of aromatic nitrogens is 2. The summed E-state index contributed by atoms with van der Waals surface area (Å²) < 4.78 is 12.8. The van der Waals surface area contributed by atoms with E-state index in [4.69, 9.17) is 9.47 Å². The minimum absolute atomic E-state index is 0.162. The highest BCUT2D eigenvalue weighted by Crippen LogP contribution is 2.24. The third-order valence-electron chi connectivity index (χ3n) is 3.88. The van der Waals surface area contributed by atoms with Gasteiger partial charge >= 0.3 is 5.97 Å². The fraction of sp³-hybridized carbons (Fsp3) is 0.300. The van der Waals surface area contributed by atoms with Crippen molar-refractivity contribution in [3.8, 4) is 5.75 Å². The molecular weight excluding hydrogens is 348 g/mol. The Bertz CT molecular complexity index is 892. The highest BCUT2D eigenvalue weighted by molar-refractivity contribution is 7.99. The van der Waals surface area contributed by atoms with E-state index in [1.54, 1.807) is 11.8 Å². The van der Waals surface area contributed by atoms with Crippen LogP contribution in [0.3, 0.4) is 0 Å². The lowest BCUT2D eigenvalue weighted by atomic mass is 10.2. The number of ether oxygens (including phenoxy) is 2. The molecule has 0 atom stereocenters. The number of hydrogen-bond donors (Lipinski definition) is 0. The van der Waals surface area contributed by atoms with Gasteiger partial charge in [0, 0.05) is 5.75 Å². The third kappa shape index (κ3) is 4.38. The maximum Gasteiger partial charge on any atom is 0.326 e. The summed E-state index contributed by atoms with van der Waals surface area (Å²) in [5.74, 6) is 1.38. The van der Waals surface area contributed by atoms with Crippen LogP contribution in [0.4, 0.5) is 0 Å². The van der Waals surface area contributed by atoms with E-state index in [9.17, 15) is 4.79 Å². The first-order valence-corrected chi connectivity index (χ1v) is 9.59. The van der Waals surface area contributed by atoms with Gasteiger partial charge in [-0.3, -0.25) is 4.79 Å². The molecule has 0 bridgehead atoms. The molecule has 1 heterocycles. The smallest absolute Gasteiger partial charge is 0.326 e. The zero-order valence-electron chi connectivity index (χ0n) is 15.0. The van der Waals surface area contributed by atoms with Crippen LogP contribution in [0.25, 0.3) is 11.0 Å². The van der Waals surface area contributed by atoms with Gasteiger partial charge in [-0.2, -0.15) is 0 Å².